The van der Waals surface area contributed by atoms with Crippen LogP contribution in [0.3, 0.4) is 0 Å². The van der Waals surface area contributed by atoms with Gasteiger partial charge in [0.15, 0.2) is 9.84 Å². The SMILES string of the molecule is CCN(Cc1ccccc1)C(=O)CS(=O)(=O)c1ccc(Cl)cc1. The number of halogens is 1. The molecule has 0 spiro atoms. The largest absolute Gasteiger partial charge is 0.338 e. The maximum absolute atomic E-state index is 12.4. The first-order valence-electron chi connectivity index (χ1n) is 7.22. The molecule has 0 heterocycles. The van der Waals surface area contributed by atoms with Crippen LogP contribution in [0.15, 0.2) is 59.5 Å². The predicted octanol–water partition coefficient (Wildman–Crippen LogP) is 3.16. The van der Waals surface area contributed by atoms with Crippen LogP contribution in [0.2, 0.25) is 5.02 Å². The highest BCUT2D eigenvalue weighted by atomic mass is 35.5. The minimum atomic E-state index is -3.67. The van der Waals surface area contributed by atoms with Crippen molar-refractivity contribution in [1.82, 2.24) is 4.90 Å². The van der Waals surface area contributed by atoms with Crippen LogP contribution in [0.5, 0.6) is 0 Å². The zero-order valence-electron chi connectivity index (χ0n) is 12.8. The second-order valence-corrected chi connectivity index (χ2v) is 7.53. The van der Waals surface area contributed by atoms with Crippen molar-refractivity contribution in [2.75, 3.05) is 12.3 Å². The van der Waals surface area contributed by atoms with Crippen LogP contribution < -0.4 is 0 Å². The van der Waals surface area contributed by atoms with E-state index >= 15 is 0 Å². The van der Waals surface area contributed by atoms with E-state index in [1.807, 2.05) is 37.3 Å². The van der Waals surface area contributed by atoms with E-state index in [0.717, 1.165) is 5.56 Å². The van der Waals surface area contributed by atoms with Crippen LogP contribution in [0, 0.1) is 0 Å². The molecule has 0 saturated carbocycles. The number of hydrogen-bond donors (Lipinski definition) is 0. The Morgan fingerprint density at radius 3 is 2.22 bits per heavy atom. The summed E-state index contributed by atoms with van der Waals surface area (Å²) in [5, 5.41) is 0.453. The third-order valence-electron chi connectivity index (χ3n) is 3.44. The van der Waals surface area contributed by atoms with Crippen LogP contribution in [0.25, 0.3) is 0 Å². The molecule has 2 aromatic rings. The van der Waals surface area contributed by atoms with Crippen LogP contribution in [0.4, 0.5) is 0 Å². The molecule has 0 saturated heterocycles. The Bertz CT molecular complexity index is 758. The molecule has 0 radical (unpaired) electrons. The van der Waals surface area contributed by atoms with E-state index in [1.165, 1.54) is 29.2 Å². The summed E-state index contributed by atoms with van der Waals surface area (Å²) in [4.78, 5) is 14.0. The second-order valence-electron chi connectivity index (χ2n) is 5.11. The third kappa shape index (κ3) is 4.81. The topological polar surface area (TPSA) is 54.5 Å². The molecule has 122 valence electrons. The molecule has 0 aliphatic heterocycles. The van der Waals surface area contributed by atoms with E-state index in [-0.39, 0.29) is 4.90 Å². The molecular weight excluding hydrogens is 334 g/mol. The minimum absolute atomic E-state index is 0.103. The standard InChI is InChI=1S/C17H18ClNO3S/c1-2-19(12-14-6-4-3-5-7-14)17(20)13-23(21,22)16-10-8-15(18)9-11-16/h3-11H,2,12-13H2,1H3. The Labute approximate surface area is 141 Å². The normalized spacial score (nSPS) is 11.2. The van der Waals surface area contributed by atoms with Crippen molar-refractivity contribution in [2.45, 2.75) is 18.4 Å². The van der Waals surface area contributed by atoms with E-state index in [1.54, 1.807) is 0 Å². The van der Waals surface area contributed by atoms with Gasteiger partial charge in [0, 0.05) is 18.1 Å². The van der Waals surface area contributed by atoms with E-state index in [0.29, 0.717) is 18.1 Å². The molecule has 0 N–H and O–H groups in total. The highest BCUT2D eigenvalue weighted by molar-refractivity contribution is 7.92. The highest BCUT2D eigenvalue weighted by Gasteiger charge is 2.23. The van der Waals surface area contributed by atoms with Gasteiger partial charge in [0.25, 0.3) is 0 Å². The molecule has 0 aliphatic carbocycles. The molecule has 0 aromatic heterocycles. The Hall–Kier alpha value is -1.85. The first-order valence-corrected chi connectivity index (χ1v) is 9.25. The van der Waals surface area contributed by atoms with Crippen molar-refractivity contribution in [2.24, 2.45) is 0 Å². The van der Waals surface area contributed by atoms with Gasteiger partial charge < -0.3 is 4.90 Å². The Balaban J connectivity index is 2.10. The van der Waals surface area contributed by atoms with Gasteiger partial charge in [-0.15, -0.1) is 0 Å². The molecule has 0 unspecified atom stereocenters. The van der Waals surface area contributed by atoms with E-state index < -0.39 is 21.5 Å². The summed E-state index contributed by atoms with van der Waals surface area (Å²) in [6, 6.07) is 15.3. The number of carbonyl (C=O) groups is 1. The predicted molar refractivity (Wildman–Crippen MR) is 91.0 cm³/mol. The van der Waals surface area contributed by atoms with Crippen molar-refractivity contribution >= 4 is 27.3 Å². The molecule has 0 atom stereocenters. The average molecular weight is 352 g/mol. The Kier molecular flexibility index (Phi) is 5.80. The van der Waals surface area contributed by atoms with Gasteiger partial charge in [-0.3, -0.25) is 4.79 Å². The number of amides is 1. The fourth-order valence-corrected chi connectivity index (χ4v) is 3.51. The highest BCUT2D eigenvalue weighted by Crippen LogP contribution is 2.16. The van der Waals surface area contributed by atoms with Crippen molar-refractivity contribution in [1.29, 1.82) is 0 Å². The summed E-state index contributed by atoms with van der Waals surface area (Å²) in [6.07, 6.45) is 0. The number of carbonyl (C=O) groups excluding carboxylic acids is 1. The molecule has 23 heavy (non-hydrogen) atoms. The number of rotatable bonds is 6. The fourth-order valence-electron chi connectivity index (χ4n) is 2.16. The summed E-state index contributed by atoms with van der Waals surface area (Å²) in [5.74, 6) is -0.957. The molecular formula is C17H18ClNO3S. The summed E-state index contributed by atoms with van der Waals surface area (Å²) in [5.41, 5.74) is 0.964. The summed E-state index contributed by atoms with van der Waals surface area (Å²) < 4.78 is 24.7. The minimum Gasteiger partial charge on any atom is -0.338 e. The van der Waals surface area contributed by atoms with Crippen LogP contribution in [0.1, 0.15) is 12.5 Å². The van der Waals surface area contributed by atoms with Gasteiger partial charge in [0.2, 0.25) is 5.91 Å². The van der Waals surface area contributed by atoms with Crippen molar-refractivity contribution in [3.63, 3.8) is 0 Å². The number of benzene rings is 2. The van der Waals surface area contributed by atoms with Crippen molar-refractivity contribution in [3.05, 3.63) is 65.2 Å². The first-order chi connectivity index (χ1) is 10.9. The fraction of sp³-hybridized carbons (Fsp3) is 0.235. The number of hydrogen-bond acceptors (Lipinski definition) is 3. The first kappa shape index (κ1) is 17.5. The monoisotopic (exact) mass is 351 g/mol. The van der Waals surface area contributed by atoms with Gasteiger partial charge in [-0.1, -0.05) is 41.9 Å². The maximum Gasteiger partial charge on any atom is 0.238 e. The lowest BCUT2D eigenvalue weighted by atomic mass is 10.2. The summed E-state index contributed by atoms with van der Waals surface area (Å²) in [7, 11) is -3.67. The number of nitrogens with zero attached hydrogens (tertiary/aromatic N) is 1. The van der Waals surface area contributed by atoms with E-state index in [4.69, 9.17) is 11.6 Å². The summed E-state index contributed by atoms with van der Waals surface area (Å²) in [6.45, 7) is 2.67. The van der Waals surface area contributed by atoms with E-state index in [9.17, 15) is 13.2 Å². The van der Waals surface area contributed by atoms with Gasteiger partial charge in [-0.2, -0.15) is 0 Å². The summed E-state index contributed by atoms with van der Waals surface area (Å²) >= 11 is 5.76. The molecule has 2 aromatic carbocycles. The molecule has 0 fully saturated rings. The smallest absolute Gasteiger partial charge is 0.238 e. The maximum atomic E-state index is 12.4. The molecule has 0 bridgehead atoms. The van der Waals surface area contributed by atoms with Crippen molar-refractivity contribution < 1.29 is 13.2 Å². The van der Waals surface area contributed by atoms with Crippen LogP contribution in [-0.2, 0) is 21.2 Å². The molecule has 0 aliphatic rings. The third-order valence-corrected chi connectivity index (χ3v) is 5.31. The van der Waals surface area contributed by atoms with Gasteiger partial charge in [0.05, 0.1) is 4.90 Å². The second kappa shape index (κ2) is 7.62. The van der Waals surface area contributed by atoms with Gasteiger partial charge >= 0.3 is 0 Å². The van der Waals surface area contributed by atoms with Crippen molar-refractivity contribution in [3.8, 4) is 0 Å². The lowest BCUT2D eigenvalue weighted by molar-refractivity contribution is -0.128. The average Bonchev–Trinajstić information content (AvgIpc) is 2.53. The van der Waals surface area contributed by atoms with Gasteiger partial charge in [-0.05, 0) is 36.8 Å². The van der Waals surface area contributed by atoms with Crippen LogP contribution in [-0.4, -0.2) is 31.5 Å². The number of sulfone groups is 1. The molecule has 6 heteroatoms. The lowest BCUT2D eigenvalue weighted by Crippen LogP contribution is -2.35. The Morgan fingerprint density at radius 2 is 1.65 bits per heavy atom. The molecule has 1 amide bonds. The zero-order valence-corrected chi connectivity index (χ0v) is 14.3. The lowest BCUT2D eigenvalue weighted by Gasteiger charge is -2.21. The quantitative estimate of drug-likeness (QED) is 0.803. The van der Waals surface area contributed by atoms with Gasteiger partial charge in [0.1, 0.15) is 5.75 Å². The van der Waals surface area contributed by atoms with E-state index in [2.05, 4.69) is 0 Å². The molecule has 4 nitrogen and oxygen atoms in total. The zero-order chi connectivity index (χ0) is 16.9. The Morgan fingerprint density at radius 1 is 1.04 bits per heavy atom. The van der Waals surface area contributed by atoms with Gasteiger partial charge in [-0.25, -0.2) is 8.42 Å². The molecule has 2 rings (SSSR count). The van der Waals surface area contributed by atoms with Crippen LogP contribution >= 0.6 is 11.6 Å².